The van der Waals surface area contributed by atoms with Gasteiger partial charge >= 0.3 is 0 Å². The van der Waals surface area contributed by atoms with Crippen LogP contribution in [0.2, 0.25) is 0 Å². The molecule has 2 aromatic heterocycles. The van der Waals surface area contributed by atoms with Gasteiger partial charge in [-0.1, -0.05) is 18.2 Å². The molecular weight excluding hydrogens is 210 g/mol. The largest absolute Gasteiger partial charge is 0.492 e. The molecule has 0 spiro atoms. The zero-order valence-corrected chi connectivity index (χ0v) is 8.52. The van der Waals surface area contributed by atoms with Crippen molar-refractivity contribution in [3.8, 4) is 5.88 Å². The van der Waals surface area contributed by atoms with Crippen molar-refractivity contribution in [2.24, 2.45) is 0 Å². The van der Waals surface area contributed by atoms with Crippen LogP contribution in [0.5, 0.6) is 5.88 Å². The van der Waals surface area contributed by atoms with Crippen LogP contribution >= 0.6 is 12.6 Å². The lowest BCUT2D eigenvalue weighted by Crippen LogP contribution is -1.94. The maximum absolute atomic E-state index is 9.63. The van der Waals surface area contributed by atoms with E-state index in [9.17, 15) is 5.11 Å². The molecule has 0 saturated heterocycles. The summed E-state index contributed by atoms with van der Waals surface area (Å²) in [5, 5.41) is 15.0. The Morgan fingerprint density at radius 2 is 2.00 bits per heavy atom. The van der Waals surface area contributed by atoms with E-state index in [1.807, 2.05) is 30.3 Å². The minimum atomic E-state index is -0.0498. The van der Waals surface area contributed by atoms with E-state index in [0.717, 1.165) is 10.9 Å². The Kier molecular flexibility index (Phi) is 1.63. The number of fused-ring (bicyclic) bond motifs is 3. The molecular formula is C10H7N3OS. The lowest BCUT2D eigenvalue weighted by atomic mass is 10.2. The normalized spacial score (nSPS) is 11.3. The number of aromatic hydroxyl groups is 1. The maximum atomic E-state index is 9.63. The predicted octanol–water partition coefficient (Wildman–Crippen LogP) is 1.88. The number of thiol groups is 1. The summed E-state index contributed by atoms with van der Waals surface area (Å²) in [7, 11) is 0. The smallest absolute Gasteiger partial charge is 0.240 e. The molecule has 0 saturated carbocycles. The van der Waals surface area contributed by atoms with Gasteiger partial charge in [0.1, 0.15) is 5.52 Å². The van der Waals surface area contributed by atoms with Gasteiger partial charge < -0.3 is 5.11 Å². The zero-order chi connectivity index (χ0) is 10.4. The molecule has 3 aromatic rings. The summed E-state index contributed by atoms with van der Waals surface area (Å²) in [5.41, 5.74) is 1.52. The second kappa shape index (κ2) is 2.87. The van der Waals surface area contributed by atoms with E-state index in [-0.39, 0.29) is 11.0 Å². The Balaban J connectivity index is 2.61. The first-order chi connectivity index (χ1) is 7.25. The fourth-order valence-corrected chi connectivity index (χ4v) is 1.86. The molecule has 1 aromatic carbocycles. The summed E-state index contributed by atoms with van der Waals surface area (Å²) in [6, 6.07) is 9.60. The number of hydrogen-bond donors (Lipinski definition) is 2. The number of para-hydroxylation sites is 1. The second-order valence-corrected chi connectivity index (χ2v) is 3.64. The number of nitrogens with zero attached hydrogens (tertiary/aromatic N) is 3. The average Bonchev–Trinajstić information content (AvgIpc) is 2.57. The van der Waals surface area contributed by atoms with Gasteiger partial charge in [0.15, 0.2) is 0 Å². The van der Waals surface area contributed by atoms with Gasteiger partial charge in [-0.25, -0.2) is 4.52 Å². The Labute approximate surface area is 90.6 Å². The first-order valence-corrected chi connectivity index (χ1v) is 4.87. The van der Waals surface area contributed by atoms with Crippen molar-refractivity contribution >= 4 is 29.0 Å². The highest BCUT2D eigenvalue weighted by Crippen LogP contribution is 2.24. The summed E-state index contributed by atoms with van der Waals surface area (Å²) in [4.78, 5) is 3.78. The highest BCUT2D eigenvalue weighted by Gasteiger charge is 2.08. The molecule has 0 aliphatic heterocycles. The molecule has 4 nitrogen and oxygen atoms in total. The minimum Gasteiger partial charge on any atom is -0.492 e. The SMILES string of the molecule is Oc1nc(S)nn2c1cc1ccccc12. The van der Waals surface area contributed by atoms with Crippen LogP contribution in [0, 0.1) is 0 Å². The van der Waals surface area contributed by atoms with Gasteiger partial charge in [-0.2, -0.15) is 4.98 Å². The van der Waals surface area contributed by atoms with Crippen LogP contribution in [0.25, 0.3) is 16.4 Å². The lowest BCUT2D eigenvalue weighted by Gasteiger charge is -1.98. The van der Waals surface area contributed by atoms with Crippen molar-refractivity contribution in [1.82, 2.24) is 14.6 Å². The molecule has 0 aliphatic rings. The summed E-state index contributed by atoms with van der Waals surface area (Å²) in [6.07, 6.45) is 0. The fraction of sp³-hybridized carbons (Fsp3) is 0. The van der Waals surface area contributed by atoms with Crippen LogP contribution in [0.1, 0.15) is 0 Å². The molecule has 0 atom stereocenters. The van der Waals surface area contributed by atoms with Gasteiger partial charge in [0, 0.05) is 5.39 Å². The third-order valence-electron chi connectivity index (χ3n) is 2.31. The molecule has 15 heavy (non-hydrogen) atoms. The van der Waals surface area contributed by atoms with E-state index < -0.39 is 0 Å². The molecule has 74 valence electrons. The van der Waals surface area contributed by atoms with Gasteiger partial charge in [0.05, 0.1) is 5.52 Å². The molecule has 0 bridgehead atoms. The average molecular weight is 217 g/mol. The Morgan fingerprint density at radius 1 is 1.20 bits per heavy atom. The van der Waals surface area contributed by atoms with E-state index in [1.165, 1.54) is 0 Å². The van der Waals surface area contributed by atoms with Gasteiger partial charge in [0.2, 0.25) is 11.0 Å². The Bertz CT molecular complexity index is 662. The number of benzene rings is 1. The van der Waals surface area contributed by atoms with Crippen molar-refractivity contribution < 1.29 is 5.11 Å². The highest BCUT2D eigenvalue weighted by atomic mass is 32.1. The van der Waals surface area contributed by atoms with Crippen molar-refractivity contribution in [1.29, 1.82) is 0 Å². The van der Waals surface area contributed by atoms with Crippen molar-refractivity contribution in [3.63, 3.8) is 0 Å². The monoisotopic (exact) mass is 217 g/mol. The molecule has 5 heteroatoms. The van der Waals surface area contributed by atoms with E-state index in [0.29, 0.717) is 5.52 Å². The Hall–Kier alpha value is -1.75. The minimum absolute atomic E-state index is 0.0498. The summed E-state index contributed by atoms with van der Waals surface area (Å²) < 4.78 is 1.64. The van der Waals surface area contributed by atoms with Crippen LogP contribution < -0.4 is 0 Å². The zero-order valence-electron chi connectivity index (χ0n) is 7.62. The predicted molar refractivity (Wildman–Crippen MR) is 59.4 cm³/mol. The quantitative estimate of drug-likeness (QED) is 0.565. The van der Waals surface area contributed by atoms with Crippen LogP contribution in [0.3, 0.4) is 0 Å². The van der Waals surface area contributed by atoms with Gasteiger partial charge in [-0.15, -0.1) is 17.7 Å². The van der Waals surface area contributed by atoms with Crippen molar-refractivity contribution in [2.75, 3.05) is 0 Å². The van der Waals surface area contributed by atoms with Gasteiger partial charge in [-0.05, 0) is 12.1 Å². The number of rotatable bonds is 0. The van der Waals surface area contributed by atoms with Crippen molar-refractivity contribution in [2.45, 2.75) is 5.16 Å². The summed E-state index contributed by atoms with van der Waals surface area (Å²) in [5.74, 6) is -0.0498. The molecule has 1 N–H and O–H groups in total. The maximum Gasteiger partial charge on any atom is 0.240 e. The standard InChI is InChI=1S/C10H7N3OS/c14-9-8-5-6-3-1-2-4-7(6)13(8)12-10(15)11-9/h1-5H,(H2,11,12,14,15). The third-order valence-corrected chi connectivity index (χ3v) is 2.50. The van der Waals surface area contributed by atoms with E-state index in [2.05, 4.69) is 22.7 Å². The molecule has 2 heterocycles. The molecule has 0 aliphatic carbocycles. The summed E-state index contributed by atoms with van der Waals surface area (Å²) in [6.45, 7) is 0. The van der Waals surface area contributed by atoms with Gasteiger partial charge in [-0.3, -0.25) is 0 Å². The van der Waals surface area contributed by atoms with E-state index in [1.54, 1.807) is 4.52 Å². The number of hydrogen-bond acceptors (Lipinski definition) is 4. The molecule has 0 radical (unpaired) electrons. The number of aromatic nitrogens is 3. The second-order valence-electron chi connectivity index (χ2n) is 3.24. The van der Waals surface area contributed by atoms with Gasteiger partial charge in [0.25, 0.3) is 0 Å². The fourth-order valence-electron chi connectivity index (χ4n) is 1.67. The highest BCUT2D eigenvalue weighted by molar-refractivity contribution is 7.80. The van der Waals surface area contributed by atoms with Crippen LogP contribution in [0.4, 0.5) is 0 Å². The third kappa shape index (κ3) is 1.16. The topological polar surface area (TPSA) is 50.4 Å². The first-order valence-electron chi connectivity index (χ1n) is 4.42. The van der Waals surface area contributed by atoms with E-state index >= 15 is 0 Å². The first kappa shape index (κ1) is 8.55. The van der Waals surface area contributed by atoms with Crippen LogP contribution in [0.15, 0.2) is 35.5 Å². The summed E-state index contributed by atoms with van der Waals surface area (Å²) >= 11 is 4.03. The lowest BCUT2D eigenvalue weighted by molar-refractivity contribution is 0.446. The van der Waals surface area contributed by atoms with E-state index in [4.69, 9.17) is 0 Å². The Morgan fingerprint density at radius 3 is 2.87 bits per heavy atom. The molecule has 0 fully saturated rings. The molecule has 0 amide bonds. The van der Waals surface area contributed by atoms with Crippen molar-refractivity contribution in [3.05, 3.63) is 30.3 Å². The molecule has 0 unspecified atom stereocenters. The van der Waals surface area contributed by atoms with Crippen LogP contribution in [-0.2, 0) is 0 Å². The molecule has 3 rings (SSSR count). The van der Waals surface area contributed by atoms with Crippen LogP contribution in [-0.4, -0.2) is 19.7 Å².